The highest BCUT2D eigenvalue weighted by atomic mass is 16.4. The van der Waals surface area contributed by atoms with Crippen LogP contribution in [0.1, 0.15) is 16.2 Å². The molecule has 0 aliphatic heterocycles. The van der Waals surface area contributed by atoms with Crippen molar-refractivity contribution in [3.8, 4) is 0 Å². The van der Waals surface area contributed by atoms with Crippen LogP contribution in [0.5, 0.6) is 0 Å². The monoisotopic (exact) mass is 257 g/mol. The average molecular weight is 257 g/mol. The van der Waals surface area contributed by atoms with E-state index in [2.05, 4.69) is 10.3 Å². The number of hydrogen-bond acceptors (Lipinski definition) is 4. The van der Waals surface area contributed by atoms with Crippen LogP contribution in [0.3, 0.4) is 0 Å². The van der Waals surface area contributed by atoms with E-state index in [0.717, 1.165) is 0 Å². The fraction of sp³-hybridized carbons (Fsp3) is 0.0769. The lowest BCUT2D eigenvalue weighted by Crippen LogP contribution is -2.07. The van der Waals surface area contributed by atoms with Crippen LogP contribution in [0.2, 0.25) is 0 Å². The van der Waals surface area contributed by atoms with Gasteiger partial charge in [0.25, 0.3) is 0 Å². The molecule has 0 amide bonds. The van der Waals surface area contributed by atoms with Crippen LogP contribution in [-0.2, 0) is 6.54 Å². The lowest BCUT2D eigenvalue weighted by atomic mass is 10.4. The van der Waals surface area contributed by atoms with Crippen molar-refractivity contribution in [2.75, 3.05) is 5.32 Å². The third-order valence-corrected chi connectivity index (χ3v) is 2.74. The summed E-state index contributed by atoms with van der Waals surface area (Å²) in [4.78, 5) is 15.6. The first kappa shape index (κ1) is 11.3. The quantitative estimate of drug-likeness (QED) is 0.749. The van der Waals surface area contributed by atoms with Crippen LogP contribution in [0.4, 0.5) is 5.82 Å². The number of anilines is 1. The number of carbonyl (C=O) groups is 1. The van der Waals surface area contributed by atoms with Crippen LogP contribution in [-0.4, -0.2) is 20.5 Å². The van der Waals surface area contributed by atoms with Gasteiger partial charge in [-0.25, -0.2) is 9.78 Å². The molecule has 0 bridgehead atoms. The molecule has 0 fully saturated rings. The lowest BCUT2D eigenvalue weighted by Gasteiger charge is -2.02. The van der Waals surface area contributed by atoms with Gasteiger partial charge in [-0.15, -0.1) is 0 Å². The third-order valence-electron chi connectivity index (χ3n) is 2.74. The standard InChI is InChI=1S/C13H11N3O3/c17-13(18)11-12(14-8-9-4-3-7-19-9)15-10-5-1-2-6-16(10)11/h1-7,14H,8H2,(H,17,18). The van der Waals surface area contributed by atoms with E-state index in [4.69, 9.17) is 4.42 Å². The van der Waals surface area contributed by atoms with E-state index in [0.29, 0.717) is 23.8 Å². The second-order valence-electron chi connectivity index (χ2n) is 3.98. The molecule has 0 saturated carbocycles. The van der Waals surface area contributed by atoms with E-state index in [1.807, 2.05) is 12.1 Å². The number of pyridine rings is 1. The summed E-state index contributed by atoms with van der Waals surface area (Å²) < 4.78 is 6.72. The summed E-state index contributed by atoms with van der Waals surface area (Å²) in [5.41, 5.74) is 0.698. The first-order valence-corrected chi connectivity index (χ1v) is 5.72. The SMILES string of the molecule is O=C(O)c1c(NCc2ccco2)nc2ccccn12. The van der Waals surface area contributed by atoms with E-state index in [1.54, 1.807) is 30.7 Å². The van der Waals surface area contributed by atoms with Crippen molar-refractivity contribution in [2.24, 2.45) is 0 Å². The van der Waals surface area contributed by atoms with Gasteiger partial charge in [0.2, 0.25) is 0 Å². The normalized spacial score (nSPS) is 10.7. The van der Waals surface area contributed by atoms with Gasteiger partial charge in [0.15, 0.2) is 11.5 Å². The van der Waals surface area contributed by atoms with Gasteiger partial charge in [0.05, 0.1) is 12.8 Å². The van der Waals surface area contributed by atoms with Crippen molar-refractivity contribution in [3.63, 3.8) is 0 Å². The number of imidazole rings is 1. The summed E-state index contributed by atoms with van der Waals surface area (Å²) in [6.45, 7) is 0.386. The summed E-state index contributed by atoms with van der Waals surface area (Å²) in [7, 11) is 0. The summed E-state index contributed by atoms with van der Waals surface area (Å²) in [6, 6.07) is 8.91. The Kier molecular flexibility index (Phi) is 2.68. The smallest absolute Gasteiger partial charge is 0.356 e. The molecule has 19 heavy (non-hydrogen) atoms. The Morgan fingerprint density at radius 2 is 2.26 bits per heavy atom. The van der Waals surface area contributed by atoms with Gasteiger partial charge in [0, 0.05) is 6.20 Å². The topological polar surface area (TPSA) is 79.8 Å². The zero-order valence-corrected chi connectivity index (χ0v) is 9.91. The molecule has 6 heteroatoms. The molecule has 3 heterocycles. The molecule has 2 N–H and O–H groups in total. The molecule has 6 nitrogen and oxygen atoms in total. The first-order chi connectivity index (χ1) is 9.25. The minimum atomic E-state index is -1.03. The number of nitrogens with zero attached hydrogens (tertiary/aromatic N) is 2. The van der Waals surface area contributed by atoms with Gasteiger partial charge >= 0.3 is 5.97 Å². The molecule has 0 spiro atoms. The fourth-order valence-corrected chi connectivity index (χ4v) is 1.91. The molecule has 96 valence electrons. The number of nitrogens with one attached hydrogen (secondary N) is 1. The Hall–Kier alpha value is -2.76. The van der Waals surface area contributed by atoms with Crippen molar-refractivity contribution in [3.05, 3.63) is 54.2 Å². The maximum atomic E-state index is 11.3. The number of aromatic nitrogens is 2. The minimum Gasteiger partial charge on any atom is -0.476 e. The zero-order chi connectivity index (χ0) is 13.2. The predicted molar refractivity (Wildman–Crippen MR) is 68.2 cm³/mol. The number of rotatable bonds is 4. The summed E-state index contributed by atoms with van der Waals surface area (Å²) in [5.74, 6) is 0.0177. The highest BCUT2D eigenvalue weighted by molar-refractivity contribution is 5.92. The van der Waals surface area contributed by atoms with E-state index in [-0.39, 0.29) is 5.69 Å². The van der Waals surface area contributed by atoms with Crippen LogP contribution >= 0.6 is 0 Å². The Morgan fingerprint density at radius 3 is 3.00 bits per heavy atom. The predicted octanol–water partition coefficient (Wildman–Crippen LogP) is 2.24. The summed E-state index contributed by atoms with van der Waals surface area (Å²) in [6.07, 6.45) is 3.24. The molecular formula is C13H11N3O3. The maximum absolute atomic E-state index is 11.3. The lowest BCUT2D eigenvalue weighted by molar-refractivity contribution is 0.0690. The Labute approximate surface area is 108 Å². The van der Waals surface area contributed by atoms with Crippen LogP contribution in [0.25, 0.3) is 5.65 Å². The van der Waals surface area contributed by atoms with Crippen LogP contribution in [0.15, 0.2) is 47.2 Å². The number of furan rings is 1. The molecule has 3 aromatic rings. The Morgan fingerprint density at radius 1 is 1.37 bits per heavy atom. The molecule has 0 aliphatic rings. The Bertz CT molecular complexity index is 716. The Balaban J connectivity index is 1.98. The van der Waals surface area contributed by atoms with Crippen molar-refractivity contribution >= 4 is 17.4 Å². The van der Waals surface area contributed by atoms with Gasteiger partial charge < -0.3 is 14.8 Å². The summed E-state index contributed by atoms with van der Waals surface area (Å²) in [5, 5.41) is 12.3. The second kappa shape index (κ2) is 4.49. The van der Waals surface area contributed by atoms with Gasteiger partial charge in [0.1, 0.15) is 11.4 Å². The molecule has 3 aromatic heterocycles. The summed E-state index contributed by atoms with van der Waals surface area (Å²) >= 11 is 0. The van der Waals surface area contributed by atoms with E-state index in [1.165, 1.54) is 4.40 Å². The number of carboxylic acid groups (broad SMARTS) is 1. The van der Waals surface area contributed by atoms with Crippen molar-refractivity contribution in [1.29, 1.82) is 0 Å². The van der Waals surface area contributed by atoms with E-state index in [9.17, 15) is 9.90 Å². The van der Waals surface area contributed by atoms with Gasteiger partial charge in [-0.05, 0) is 24.3 Å². The van der Waals surface area contributed by atoms with Gasteiger partial charge in [-0.1, -0.05) is 6.07 Å². The first-order valence-electron chi connectivity index (χ1n) is 5.72. The molecular weight excluding hydrogens is 246 g/mol. The number of carboxylic acids is 1. The number of aromatic carboxylic acids is 1. The molecule has 0 aliphatic carbocycles. The largest absolute Gasteiger partial charge is 0.476 e. The third kappa shape index (κ3) is 2.03. The number of fused-ring (bicyclic) bond motifs is 1. The average Bonchev–Trinajstić information content (AvgIpc) is 3.03. The molecule has 0 saturated heterocycles. The van der Waals surface area contributed by atoms with Crippen LogP contribution in [0, 0.1) is 0 Å². The second-order valence-corrected chi connectivity index (χ2v) is 3.98. The highest BCUT2D eigenvalue weighted by Crippen LogP contribution is 2.18. The minimum absolute atomic E-state index is 0.113. The zero-order valence-electron chi connectivity index (χ0n) is 9.91. The van der Waals surface area contributed by atoms with Gasteiger partial charge in [-0.3, -0.25) is 4.40 Å². The highest BCUT2D eigenvalue weighted by Gasteiger charge is 2.18. The fourth-order valence-electron chi connectivity index (χ4n) is 1.91. The molecule has 0 radical (unpaired) electrons. The molecule has 0 aromatic carbocycles. The van der Waals surface area contributed by atoms with Crippen molar-refractivity contribution in [1.82, 2.24) is 9.38 Å². The molecule has 3 rings (SSSR count). The van der Waals surface area contributed by atoms with Crippen molar-refractivity contribution < 1.29 is 14.3 Å². The van der Waals surface area contributed by atoms with E-state index < -0.39 is 5.97 Å². The van der Waals surface area contributed by atoms with Crippen molar-refractivity contribution in [2.45, 2.75) is 6.54 Å². The van der Waals surface area contributed by atoms with Crippen LogP contribution < -0.4 is 5.32 Å². The molecule has 0 unspecified atom stereocenters. The van der Waals surface area contributed by atoms with Gasteiger partial charge in [-0.2, -0.15) is 0 Å². The van der Waals surface area contributed by atoms with E-state index >= 15 is 0 Å². The maximum Gasteiger partial charge on any atom is 0.356 e. The number of hydrogen-bond donors (Lipinski definition) is 2. The molecule has 0 atom stereocenters.